The number of piperidine rings is 1. The van der Waals surface area contributed by atoms with Crippen LogP contribution in [0.15, 0.2) is 28.8 Å². The minimum Gasteiger partial charge on any atom is -0.337 e. The van der Waals surface area contributed by atoms with E-state index in [4.69, 9.17) is 16.1 Å². The summed E-state index contributed by atoms with van der Waals surface area (Å²) >= 11 is 6.08. The van der Waals surface area contributed by atoms with Gasteiger partial charge in [-0.15, -0.1) is 0 Å². The number of likely N-dealkylation sites (tertiary alicyclic amines) is 1. The molecule has 1 aromatic carbocycles. The summed E-state index contributed by atoms with van der Waals surface area (Å²) in [7, 11) is 0. The third-order valence-corrected chi connectivity index (χ3v) is 6.36. The van der Waals surface area contributed by atoms with Crippen LogP contribution in [0.1, 0.15) is 102 Å². The highest BCUT2D eigenvalue weighted by Crippen LogP contribution is 2.32. The maximum absolute atomic E-state index is 12.9. The number of nitrogens with zero attached hydrogens (tertiary/aromatic N) is 3. The number of carbonyl (C=O) groups excluding carboxylic acids is 1. The lowest BCUT2D eigenvalue weighted by Crippen LogP contribution is -2.38. The number of hydrogen-bond donors (Lipinski definition) is 0. The molecular formula is C25H36ClN3O2. The van der Waals surface area contributed by atoms with Crippen molar-refractivity contribution in [1.29, 1.82) is 0 Å². The van der Waals surface area contributed by atoms with Crippen LogP contribution in [-0.2, 0) is 4.79 Å². The van der Waals surface area contributed by atoms with E-state index in [1.807, 2.05) is 29.2 Å². The minimum absolute atomic E-state index is 0.111. The molecule has 0 aliphatic carbocycles. The molecule has 31 heavy (non-hydrogen) atoms. The Morgan fingerprint density at radius 2 is 1.84 bits per heavy atom. The smallest absolute Gasteiger partial charge is 0.249 e. The molecule has 1 fully saturated rings. The van der Waals surface area contributed by atoms with Crippen LogP contribution in [0, 0.1) is 0 Å². The number of halogens is 1. The molecule has 1 aromatic heterocycles. The molecule has 1 saturated heterocycles. The second-order valence-corrected chi connectivity index (χ2v) is 9.08. The summed E-state index contributed by atoms with van der Waals surface area (Å²) in [5.74, 6) is 1.28. The maximum atomic E-state index is 12.9. The summed E-state index contributed by atoms with van der Waals surface area (Å²) in [5.41, 5.74) is 0.825. The number of benzene rings is 1. The Kier molecular flexibility index (Phi) is 9.85. The molecule has 2 aromatic rings. The Bertz CT molecular complexity index is 808. The molecule has 1 aliphatic rings. The number of hydrogen-bond acceptors (Lipinski definition) is 4. The fourth-order valence-electron chi connectivity index (χ4n) is 4.33. The first-order valence-corrected chi connectivity index (χ1v) is 12.5. The highest BCUT2D eigenvalue weighted by Gasteiger charge is 2.31. The van der Waals surface area contributed by atoms with E-state index in [1.54, 1.807) is 0 Å². The van der Waals surface area contributed by atoms with Crippen molar-refractivity contribution < 1.29 is 9.32 Å². The zero-order chi connectivity index (χ0) is 21.9. The van der Waals surface area contributed by atoms with E-state index in [1.165, 1.54) is 44.9 Å². The normalized spacial score (nSPS) is 16.6. The number of unbranched alkanes of at least 4 members (excludes halogenated alkanes) is 8. The Morgan fingerprint density at radius 3 is 2.58 bits per heavy atom. The van der Waals surface area contributed by atoms with Gasteiger partial charge in [0.15, 0.2) is 0 Å². The quantitative estimate of drug-likeness (QED) is 0.320. The largest absolute Gasteiger partial charge is 0.337 e. The van der Waals surface area contributed by atoms with Crippen molar-refractivity contribution in [1.82, 2.24) is 15.0 Å². The molecule has 0 bridgehead atoms. The average molecular weight is 446 g/mol. The summed E-state index contributed by atoms with van der Waals surface area (Å²) in [5, 5.41) is 4.77. The summed E-state index contributed by atoms with van der Waals surface area (Å²) in [4.78, 5) is 19.5. The van der Waals surface area contributed by atoms with Gasteiger partial charge in [-0.1, -0.05) is 87.2 Å². The monoisotopic (exact) mass is 445 g/mol. The van der Waals surface area contributed by atoms with E-state index in [9.17, 15) is 4.79 Å². The van der Waals surface area contributed by atoms with Crippen LogP contribution in [0.2, 0.25) is 5.02 Å². The van der Waals surface area contributed by atoms with E-state index in [0.29, 0.717) is 23.2 Å². The van der Waals surface area contributed by atoms with E-state index in [2.05, 4.69) is 17.1 Å². The van der Waals surface area contributed by atoms with Gasteiger partial charge in [0.05, 0.1) is 0 Å². The number of aromatic nitrogens is 2. The van der Waals surface area contributed by atoms with Crippen molar-refractivity contribution in [2.24, 2.45) is 0 Å². The second-order valence-electron chi connectivity index (χ2n) is 8.64. The second kappa shape index (κ2) is 12.8. The fourth-order valence-corrected chi connectivity index (χ4v) is 4.52. The van der Waals surface area contributed by atoms with Crippen molar-refractivity contribution >= 4 is 17.5 Å². The van der Waals surface area contributed by atoms with Crippen LogP contribution in [0.4, 0.5) is 0 Å². The molecule has 2 heterocycles. The van der Waals surface area contributed by atoms with Gasteiger partial charge in [-0.2, -0.15) is 4.98 Å². The van der Waals surface area contributed by atoms with Gasteiger partial charge in [0.25, 0.3) is 0 Å². The van der Waals surface area contributed by atoms with E-state index in [-0.39, 0.29) is 11.9 Å². The first-order chi connectivity index (χ1) is 15.2. The molecule has 0 saturated carbocycles. The lowest BCUT2D eigenvalue weighted by atomic mass is 10.0. The molecule has 0 N–H and O–H groups in total. The van der Waals surface area contributed by atoms with Gasteiger partial charge >= 0.3 is 0 Å². The maximum Gasteiger partial charge on any atom is 0.249 e. The van der Waals surface area contributed by atoms with Crippen LogP contribution in [0.5, 0.6) is 0 Å². The summed E-state index contributed by atoms with van der Waals surface area (Å²) in [6.07, 6.45) is 14.9. The first kappa shape index (κ1) is 23.8. The zero-order valence-electron chi connectivity index (χ0n) is 18.8. The molecule has 3 rings (SSSR count). The fraction of sp³-hybridized carbons (Fsp3) is 0.640. The first-order valence-electron chi connectivity index (χ1n) is 12.1. The van der Waals surface area contributed by atoms with Gasteiger partial charge in [0.2, 0.25) is 17.6 Å². The zero-order valence-corrected chi connectivity index (χ0v) is 19.6. The molecule has 1 amide bonds. The Labute approximate surface area is 191 Å². The summed E-state index contributed by atoms with van der Waals surface area (Å²) < 4.78 is 5.58. The van der Waals surface area contributed by atoms with Gasteiger partial charge in [-0.05, 0) is 37.8 Å². The molecule has 1 unspecified atom stereocenters. The van der Waals surface area contributed by atoms with E-state index < -0.39 is 0 Å². The standard InChI is InChI=1S/C25H36ClN3O2/c1-2-3-4-5-6-7-8-9-10-17-23(30)29-18-12-11-16-22(29)25-27-24(28-31-25)20-14-13-15-21(26)19-20/h13-15,19,22H,2-12,16-18H2,1H3. The molecular weight excluding hydrogens is 410 g/mol. The SMILES string of the molecule is CCCCCCCCCCCC(=O)N1CCCCC1c1nc(-c2cccc(Cl)c2)no1. The number of amides is 1. The third-order valence-electron chi connectivity index (χ3n) is 6.13. The molecule has 1 atom stereocenters. The van der Waals surface area contributed by atoms with Crippen LogP contribution in [-0.4, -0.2) is 27.5 Å². The number of rotatable bonds is 12. The Hall–Kier alpha value is -1.88. The van der Waals surface area contributed by atoms with Crippen LogP contribution in [0.25, 0.3) is 11.4 Å². The molecule has 0 spiro atoms. The van der Waals surface area contributed by atoms with Gasteiger partial charge < -0.3 is 9.42 Å². The van der Waals surface area contributed by atoms with Crippen molar-refractivity contribution in [2.45, 2.75) is 96.4 Å². The summed E-state index contributed by atoms with van der Waals surface area (Å²) in [6, 6.07) is 7.31. The van der Waals surface area contributed by atoms with Gasteiger partial charge in [0.1, 0.15) is 6.04 Å². The predicted octanol–water partition coefficient (Wildman–Crippen LogP) is 7.36. The highest BCUT2D eigenvalue weighted by molar-refractivity contribution is 6.30. The molecule has 0 radical (unpaired) electrons. The van der Waals surface area contributed by atoms with Crippen LogP contribution >= 0.6 is 11.6 Å². The average Bonchev–Trinajstić information content (AvgIpc) is 3.28. The third kappa shape index (κ3) is 7.34. The van der Waals surface area contributed by atoms with Gasteiger partial charge in [-0.25, -0.2) is 0 Å². The minimum atomic E-state index is -0.111. The van der Waals surface area contributed by atoms with Crippen LogP contribution < -0.4 is 0 Å². The van der Waals surface area contributed by atoms with E-state index >= 15 is 0 Å². The van der Waals surface area contributed by atoms with Crippen LogP contribution in [0.3, 0.4) is 0 Å². The predicted molar refractivity (Wildman–Crippen MR) is 125 cm³/mol. The van der Waals surface area contributed by atoms with E-state index in [0.717, 1.165) is 44.2 Å². The molecule has 5 nitrogen and oxygen atoms in total. The Morgan fingerprint density at radius 1 is 1.10 bits per heavy atom. The van der Waals surface area contributed by atoms with Gasteiger partial charge in [-0.3, -0.25) is 4.79 Å². The topological polar surface area (TPSA) is 59.2 Å². The summed E-state index contributed by atoms with van der Waals surface area (Å²) in [6.45, 7) is 3.02. The lowest BCUT2D eigenvalue weighted by Gasteiger charge is -2.33. The van der Waals surface area contributed by atoms with Gasteiger partial charge in [0, 0.05) is 23.6 Å². The molecule has 6 heteroatoms. The highest BCUT2D eigenvalue weighted by atomic mass is 35.5. The number of carbonyl (C=O) groups is 1. The van der Waals surface area contributed by atoms with Crippen molar-refractivity contribution in [3.05, 3.63) is 35.2 Å². The van der Waals surface area contributed by atoms with Crippen molar-refractivity contribution in [3.8, 4) is 11.4 Å². The Balaban J connectivity index is 1.47. The molecule has 170 valence electrons. The molecule has 1 aliphatic heterocycles. The lowest BCUT2D eigenvalue weighted by molar-refractivity contribution is -0.135. The van der Waals surface area contributed by atoms with Crippen molar-refractivity contribution in [3.63, 3.8) is 0 Å². The van der Waals surface area contributed by atoms with Crippen molar-refractivity contribution in [2.75, 3.05) is 6.54 Å².